The van der Waals surface area contributed by atoms with Crippen molar-refractivity contribution in [2.75, 3.05) is 0 Å². The molecule has 2 heterocycles. The van der Waals surface area contributed by atoms with E-state index < -0.39 is 0 Å². The normalized spacial score (nSPS) is 11.2. The Balaban J connectivity index is 1.86. The van der Waals surface area contributed by atoms with E-state index in [0.29, 0.717) is 0 Å². The van der Waals surface area contributed by atoms with Gasteiger partial charge in [-0.05, 0) is 62.3 Å². The lowest BCUT2D eigenvalue weighted by molar-refractivity contribution is 1.33. The fourth-order valence-corrected chi connectivity index (χ4v) is 4.24. The first-order valence-corrected chi connectivity index (χ1v) is 9.18. The molecule has 0 aliphatic rings. The first-order valence-electron chi connectivity index (χ1n) is 8.30. The number of aromatic nitrogens is 1. The second-order valence-electron chi connectivity index (χ2n) is 6.12. The molecule has 2 heteroatoms. The highest BCUT2D eigenvalue weighted by atomic mass is 32.1. The van der Waals surface area contributed by atoms with Crippen molar-refractivity contribution in [2.24, 2.45) is 0 Å². The summed E-state index contributed by atoms with van der Waals surface area (Å²) in [5.41, 5.74) is 3.69. The van der Waals surface area contributed by atoms with Crippen LogP contribution in [-0.2, 0) is 0 Å². The fourth-order valence-electron chi connectivity index (χ4n) is 3.47. The first-order chi connectivity index (χ1) is 12.4. The summed E-state index contributed by atoms with van der Waals surface area (Å²) in [4.78, 5) is 5.60. The molecule has 0 N–H and O–H groups in total. The number of pyridine rings is 1. The number of benzene rings is 3. The van der Waals surface area contributed by atoms with Gasteiger partial charge in [0.1, 0.15) is 0 Å². The molecule has 0 unspecified atom stereocenters. The molecule has 118 valence electrons. The largest absolute Gasteiger partial charge is 0.264 e. The molecular formula is C23H15NS. The van der Waals surface area contributed by atoms with E-state index in [1.165, 1.54) is 37.5 Å². The van der Waals surface area contributed by atoms with Gasteiger partial charge in [-0.25, -0.2) is 0 Å². The Morgan fingerprint density at radius 3 is 2.20 bits per heavy atom. The van der Waals surface area contributed by atoms with Crippen LogP contribution < -0.4 is 0 Å². The van der Waals surface area contributed by atoms with Crippen LogP contribution in [0.1, 0.15) is 0 Å². The van der Waals surface area contributed by atoms with E-state index in [4.69, 9.17) is 0 Å². The Bertz CT molecular complexity index is 1180. The fraction of sp³-hybridized carbons (Fsp3) is 0. The van der Waals surface area contributed by atoms with Gasteiger partial charge < -0.3 is 0 Å². The lowest BCUT2D eigenvalue weighted by Crippen LogP contribution is -1.85. The molecule has 3 aromatic carbocycles. The molecule has 25 heavy (non-hydrogen) atoms. The molecule has 0 radical (unpaired) electrons. The molecule has 0 saturated heterocycles. The van der Waals surface area contributed by atoms with E-state index in [2.05, 4.69) is 77.1 Å². The summed E-state index contributed by atoms with van der Waals surface area (Å²) in [6.45, 7) is 0. The lowest BCUT2D eigenvalue weighted by Gasteiger charge is -2.11. The van der Waals surface area contributed by atoms with E-state index >= 15 is 0 Å². The summed E-state index contributed by atoms with van der Waals surface area (Å²) in [7, 11) is 0. The summed E-state index contributed by atoms with van der Waals surface area (Å²) in [5, 5.41) is 7.25. The molecule has 0 spiro atoms. The maximum absolute atomic E-state index is 4.29. The molecule has 5 rings (SSSR count). The van der Waals surface area contributed by atoms with Gasteiger partial charge in [0, 0.05) is 22.8 Å². The molecule has 0 bridgehead atoms. The van der Waals surface area contributed by atoms with Gasteiger partial charge in [-0.15, -0.1) is 11.3 Å². The zero-order chi connectivity index (χ0) is 16.6. The predicted molar refractivity (Wildman–Crippen MR) is 108 cm³/mol. The molecule has 0 fully saturated rings. The van der Waals surface area contributed by atoms with Gasteiger partial charge in [0.15, 0.2) is 0 Å². The van der Waals surface area contributed by atoms with Crippen LogP contribution in [0.25, 0.3) is 43.1 Å². The van der Waals surface area contributed by atoms with Gasteiger partial charge in [-0.3, -0.25) is 4.98 Å². The van der Waals surface area contributed by atoms with Crippen LogP contribution in [0, 0.1) is 0 Å². The molecule has 5 aromatic rings. The summed E-state index contributed by atoms with van der Waals surface area (Å²) in [6.07, 6.45) is 3.75. The molecule has 0 aliphatic heterocycles. The maximum Gasteiger partial charge on any atom is 0.0348 e. The van der Waals surface area contributed by atoms with E-state index in [-0.39, 0.29) is 0 Å². The third-order valence-electron chi connectivity index (χ3n) is 4.64. The van der Waals surface area contributed by atoms with E-state index in [0.717, 1.165) is 5.56 Å². The number of thiophene rings is 1. The van der Waals surface area contributed by atoms with Crippen LogP contribution in [-0.4, -0.2) is 4.98 Å². The zero-order valence-corrected chi connectivity index (χ0v) is 14.3. The Morgan fingerprint density at radius 1 is 0.680 bits per heavy atom. The Hall–Kier alpha value is -2.97. The Labute approximate surface area is 150 Å². The highest BCUT2D eigenvalue weighted by Crippen LogP contribution is 2.36. The van der Waals surface area contributed by atoms with Gasteiger partial charge in [0.05, 0.1) is 0 Å². The Morgan fingerprint density at radius 2 is 1.48 bits per heavy atom. The van der Waals surface area contributed by atoms with E-state index in [1.807, 2.05) is 18.5 Å². The monoisotopic (exact) mass is 337 g/mol. The van der Waals surface area contributed by atoms with E-state index in [1.54, 1.807) is 11.3 Å². The van der Waals surface area contributed by atoms with Crippen molar-refractivity contribution in [2.45, 2.75) is 0 Å². The standard InChI is InChI=1S/C23H15NS/c1-5-16-13-17-6-2-9-20(23-10-4-12-25-23)22(17)14-21(16)19(8-1)18-7-3-11-24-15-18/h1-15H. The molecule has 0 saturated carbocycles. The maximum atomic E-state index is 4.29. The predicted octanol–water partition coefficient (Wildman–Crippen LogP) is 6.78. The van der Waals surface area contributed by atoms with Crippen LogP contribution in [0.15, 0.2) is 90.6 Å². The average Bonchev–Trinajstić information content (AvgIpc) is 3.20. The van der Waals surface area contributed by atoms with Crippen molar-refractivity contribution in [3.8, 4) is 21.6 Å². The quantitative estimate of drug-likeness (QED) is 0.323. The number of hydrogen-bond acceptors (Lipinski definition) is 2. The van der Waals surface area contributed by atoms with E-state index in [9.17, 15) is 0 Å². The minimum Gasteiger partial charge on any atom is -0.264 e. The second kappa shape index (κ2) is 5.83. The topological polar surface area (TPSA) is 12.9 Å². The average molecular weight is 337 g/mol. The van der Waals surface area contributed by atoms with Gasteiger partial charge in [0.25, 0.3) is 0 Å². The van der Waals surface area contributed by atoms with Crippen LogP contribution in [0.4, 0.5) is 0 Å². The molecule has 0 amide bonds. The molecule has 1 nitrogen and oxygen atoms in total. The summed E-state index contributed by atoms with van der Waals surface area (Å²) < 4.78 is 0. The number of hydrogen-bond donors (Lipinski definition) is 0. The minimum absolute atomic E-state index is 1.15. The molecule has 0 atom stereocenters. The van der Waals surface area contributed by atoms with Crippen molar-refractivity contribution in [1.82, 2.24) is 4.98 Å². The smallest absolute Gasteiger partial charge is 0.0348 e. The van der Waals surface area contributed by atoms with Gasteiger partial charge in [-0.1, -0.05) is 48.5 Å². The summed E-state index contributed by atoms with van der Waals surface area (Å²) >= 11 is 1.79. The minimum atomic E-state index is 1.15. The number of nitrogens with zero attached hydrogens (tertiary/aromatic N) is 1. The number of fused-ring (bicyclic) bond motifs is 2. The van der Waals surface area contributed by atoms with Crippen molar-refractivity contribution < 1.29 is 0 Å². The van der Waals surface area contributed by atoms with Gasteiger partial charge >= 0.3 is 0 Å². The number of rotatable bonds is 2. The van der Waals surface area contributed by atoms with Crippen LogP contribution in [0.5, 0.6) is 0 Å². The van der Waals surface area contributed by atoms with Crippen molar-refractivity contribution >= 4 is 32.9 Å². The highest BCUT2D eigenvalue weighted by molar-refractivity contribution is 7.13. The SMILES string of the molecule is c1cncc(-c2cccc3cc4cccc(-c5cccs5)c4cc23)c1. The summed E-state index contributed by atoms with van der Waals surface area (Å²) in [5.74, 6) is 0. The van der Waals surface area contributed by atoms with Gasteiger partial charge in [0.2, 0.25) is 0 Å². The zero-order valence-electron chi connectivity index (χ0n) is 13.5. The highest BCUT2D eigenvalue weighted by Gasteiger charge is 2.09. The molecule has 0 aliphatic carbocycles. The van der Waals surface area contributed by atoms with Crippen molar-refractivity contribution in [3.05, 3.63) is 90.6 Å². The third-order valence-corrected chi connectivity index (χ3v) is 5.54. The first kappa shape index (κ1) is 14.4. The third kappa shape index (κ3) is 2.43. The van der Waals surface area contributed by atoms with Crippen LogP contribution in [0.3, 0.4) is 0 Å². The lowest BCUT2D eigenvalue weighted by atomic mass is 9.94. The Kier molecular flexibility index (Phi) is 3.36. The van der Waals surface area contributed by atoms with Crippen LogP contribution in [0.2, 0.25) is 0 Å². The molecule has 2 aromatic heterocycles. The van der Waals surface area contributed by atoms with Crippen LogP contribution >= 0.6 is 11.3 Å². The van der Waals surface area contributed by atoms with Gasteiger partial charge in [-0.2, -0.15) is 0 Å². The van der Waals surface area contributed by atoms with Crippen molar-refractivity contribution in [3.63, 3.8) is 0 Å². The molecular weight excluding hydrogens is 322 g/mol. The second-order valence-corrected chi connectivity index (χ2v) is 7.07. The summed E-state index contributed by atoms with van der Waals surface area (Å²) in [6, 6.07) is 26.1. The van der Waals surface area contributed by atoms with Crippen molar-refractivity contribution in [1.29, 1.82) is 0 Å².